The average Bonchev–Trinajstić information content (AvgIpc) is 2.45. The first-order chi connectivity index (χ1) is 8.83. The molecule has 2 rings (SSSR count). The van der Waals surface area contributed by atoms with Gasteiger partial charge in [-0.2, -0.15) is 0 Å². The molecular weight excluding hydrogens is 228 g/mol. The topological polar surface area (TPSA) is 50.3 Å². The number of hydrogen-bond acceptors (Lipinski definition) is 5. The minimum absolute atomic E-state index is 0.332. The molecule has 0 amide bonds. The molecule has 1 N–H and O–H groups in total. The molecule has 0 saturated carbocycles. The summed E-state index contributed by atoms with van der Waals surface area (Å²) < 4.78 is 5.83. The second-order valence-corrected chi connectivity index (χ2v) is 4.59. The van der Waals surface area contributed by atoms with Gasteiger partial charge in [0.2, 0.25) is 0 Å². The maximum absolute atomic E-state index is 5.83. The van der Waals surface area contributed by atoms with Crippen LogP contribution in [0.3, 0.4) is 0 Å². The van der Waals surface area contributed by atoms with E-state index in [2.05, 4.69) is 27.1 Å². The van der Waals surface area contributed by atoms with Crippen molar-refractivity contribution in [3.8, 4) is 0 Å². The third-order valence-corrected chi connectivity index (χ3v) is 3.14. The van der Waals surface area contributed by atoms with E-state index in [1.807, 2.05) is 13.2 Å². The zero-order valence-electron chi connectivity index (χ0n) is 11.2. The predicted molar refractivity (Wildman–Crippen MR) is 73.1 cm³/mol. The van der Waals surface area contributed by atoms with Crippen LogP contribution < -0.4 is 10.2 Å². The van der Waals surface area contributed by atoms with Gasteiger partial charge in [0, 0.05) is 26.7 Å². The van der Waals surface area contributed by atoms with Crippen molar-refractivity contribution in [1.29, 1.82) is 0 Å². The maximum atomic E-state index is 5.83. The molecule has 2 heterocycles. The molecule has 1 atom stereocenters. The third kappa shape index (κ3) is 3.32. The number of piperidine rings is 1. The first-order valence-corrected chi connectivity index (χ1v) is 6.70. The number of anilines is 2. The summed E-state index contributed by atoms with van der Waals surface area (Å²) in [6.45, 7) is 4.94. The van der Waals surface area contributed by atoms with Gasteiger partial charge in [0.15, 0.2) is 0 Å². The van der Waals surface area contributed by atoms with E-state index in [0.29, 0.717) is 6.10 Å². The molecule has 100 valence electrons. The maximum Gasteiger partial charge on any atom is 0.149 e. The van der Waals surface area contributed by atoms with Crippen molar-refractivity contribution in [2.75, 3.05) is 37.0 Å². The highest BCUT2D eigenvalue weighted by molar-refractivity contribution is 5.43. The van der Waals surface area contributed by atoms with Crippen LogP contribution in [-0.2, 0) is 4.74 Å². The smallest absolute Gasteiger partial charge is 0.149 e. The standard InChI is InChI=1S/C13H22N4O/c1-3-7-18-11-5-4-6-17(10-11)13-9-15-8-12(14-2)16-13/h8-9,11H,3-7,10H2,1-2H3,(H,14,16). The Labute approximate surface area is 109 Å². The summed E-state index contributed by atoms with van der Waals surface area (Å²) in [5, 5.41) is 3.02. The minimum atomic E-state index is 0.332. The Morgan fingerprint density at radius 2 is 2.39 bits per heavy atom. The van der Waals surface area contributed by atoms with E-state index in [0.717, 1.165) is 50.6 Å². The fraction of sp³-hybridized carbons (Fsp3) is 0.692. The zero-order chi connectivity index (χ0) is 12.8. The quantitative estimate of drug-likeness (QED) is 0.865. The second-order valence-electron chi connectivity index (χ2n) is 4.59. The van der Waals surface area contributed by atoms with Crippen LogP contribution in [-0.4, -0.2) is 42.8 Å². The largest absolute Gasteiger partial charge is 0.376 e. The monoisotopic (exact) mass is 250 g/mol. The van der Waals surface area contributed by atoms with E-state index in [9.17, 15) is 0 Å². The van der Waals surface area contributed by atoms with E-state index in [4.69, 9.17) is 4.74 Å². The van der Waals surface area contributed by atoms with Crippen molar-refractivity contribution >= 4 is 11.6 Å². The Hall–Kier alpha value is -1.36. The van der Waals surface area contributed by atoms with Gasteiger partial charge in [0.25, 0.3) is 0 Å². The lowest BCUT2D eigenvalue weighted by atomic mass is 10.1. The summed E-state index contributed by atoms with van der Waals surface area (Å²) in [5.41, 5.74) is 0. The number of rotatable bonds is 5. The van der Waals surface area contributed by atoms with Gasteiger partial charge in [-0.25, -0.2) is 4.98 Å². The zero-order valence-corrected chi connectivity index (χ0v) is 11.2. The molecule has 1 saturated heterocycles. The van der Waals surface area contributed by atoms with Gasteiger partial charge in [-0.3, -0.25) is 4.98 Å². The number of hydrogen-bond donors (Lipinski definition) is 1. The lowest BCUT2D eigenvalue weighted by Crippen LogP contribution is -2.40. The lowest BCUT2D eigenvalue weighted by molar-refractivity contribution is 0.0439. The van der Waals surface area contributed by atoms with Gasteiger partial charge in [-0.15, -0.1) is 0 Å². The van der Waals surface area contributed by atoms with Gasteiger partial charge in [-0.1, -0.05) is 6.92 Å². The SMILES string of the molecule is CCCOC1CCCN(c2cncc(NC)n2)C1. The molecule has 1 aromatic rings. The number of nitrogens with zero attached hydrogens (tertiary/aromatic N) is 3. The van der Waals surface area contributed by atoms with E-state index in [-0.39, 0.29) is 0 Å². The molecule has 5 nitrogen and oxygen atoms in total. The Morgan fingerprint density at radius 1 is 1.50 bits per heavy atom. The highest BCUT2D eigenvalue weighted by Gasteiger charge is 2.21. The minimum Gasteiger partial charge on any atom is -0.376 e. The van der Waals surface area contributed by atoms with Crippen molar-refractivity contribution < 1.29 is 4.74 Å². The predicted octanol–water partition coefficient (Wildman–Crippen LogP) is 1.91. The van der Waals surface area contributed by atoms with Gasteiger partial charge in [0.05, 0.1) is 18.5 Å². The molecule has 0 spiro atoms. The van der Waals surface area contributed by atoms with Crippen LogP contribution in [0.25, 0.3) is 0 Å². The van der Waals surface area contributed by atoms with E-state index < -0.39 is 0 Å². The van der Waals surface area contributed by atoms with Crippen LogP contribution in [0.1, 0.15) is 26.2 Å². The van der Waals surface area contributed by atoms with Gasteiger partial charge < -0.3 is 15.0 Å². The van der Waals surface area contributed by atoms with Crippen LogP contribution in [0.5, 0.6) is 0 Å². The van der Waals surface area contributed by atoms with Gasteiger partial charge >= 0.3 is 0 Å². The normalized spacial score (nSPS) is 19.9. The molecule has 1 aliphatic rings. The second kappa shape index (κ2) is 6.54. The Balaban J connectivity index is 1.98. The van der Waals surface area contributed by atoms with Gasteiger partial charge in [0.1, 0.15) is 11.6 Å². The molecule has 0 aromatic carbocycles. The highest BCUT2D eigenvalue weighted by atomic mass is 16.5. The Bertz CT molecular complexity index is 372. The Kier molecular flexibility index (Phi) is 4.75. The van der Waals surface area contributed by atoms with Crippen LogP contribution >= 0.6 is 0 Å². The fourth-order valence-electron chi connectivity index (χ4n) is 2.20. The lowest BCUT2D eigenvalue weighted by Gasteiger charge is -2.33. The summed E-state index contributed by atoms with van der Waals surface area (Å²) in [6, 6.07) is 0. The highest BCUT2D eigenvalue weighted by Crippen LogP contribution is 2.20. The molecular formula is C13H22N4O. The molecule has 0 aliphatic carbocycles. The number of aromatic nitrogens is 2. The van der Waals surface area contributed by atoms with E-state index >= 15 is 0 Å². The van der Waals surface area contributed by atoms with Crippen molar-refractivity contribution in [3.63, 3.8) is 0 Å². The molecule has 5 heteroatoms. The van der Waals surface area contributed by atoms with E-state index in [1.54, 1.807) is 6.20 Å². The van der Waals surface area contributed by atoms with Crippen molar-refractivity contribution in [2.24, 2.45) is 0 Å². The van der Waals surface area contributed by atoms with Crippen LogP contribution in [0.2, 0.25) is 0 Å². The molecule has 1 unspecified atom stereocenters. The van der Waals surface area contributed by atoms with Crippen molar-refractivity contribution in [2.45, 2.75) is 32.3 Å². The van der Waals surface area contributed by atoms with Crippen LogP contribution in [0, 0.1) is 0 Å². The molecule has 0 bridgehead atoms. The van der Waals surface area contributed by atoms with Gasteiger partial charge in [-0.05, 0) is 19.3 Å². The van der Waals surface area contributed by atoms with Crippen LogP contribution in [0.4, 0.5) is 11.6 Å². The summed E-state index contributed by atoms with van der Waals surface area (Å²) in [7, 11) is 1.86. The third-order valence-electron chi connectivity index (χ3n) is 3.14. The van der Waals surface area contributed by atoms with Crippen molar-refractivity contribution in [1.82, 2.24) is 9.97 Å². The average molecular weight is 250 g/mol. The molecule has 1 aliphatic heterocycles. The summed E-state index contributed by atoms with van der Waals surface area (Å²) in [5.74, 6) is 1.75. The van der Waals surface area contributed by atoms with Crippen molar-refractivity contribution in [3.05, 3.63) is 12.4 Å². The number of ether oxygens (including phenoxy) is 1. The molecule has 0 radical (unpaired) electrons. The Morgan fingerprint density at radius 3 is 3.17 bits per heavy atom. The molecule has 1 aromatic heterocycles. The molecule has 1 fully saturated rings. The number of nitrogens with one attached hydrogen (secondary N) is 1. The summed E-state index contributed by atoms with van der Waals surface area (Å²) >= 11 is 0. The first kappa shape index (κ1) is 13.1. The first-order valence-electron chi connectivity index (χ1n) is 6.70. The fourth-order valence-corrected chi connectivity index (χ4v) is 2.20. The molecule has 18 heavy (non-hydrogen) atoms. The van der Waals surface area contributed by atoms with Crippen LogP contribution in [0.15, 0.2) is 12.4 Å². The van der Waals surface area contributed by atoms with E-state index in [1.165, 1.54) is 0 Å². The summed E-state index contributed by atoms with van der Waals surface area (Å²) in [4.78, 5) is 11.0. The summed E-state index contributed by atoms with van der Waals surface area (Å²) in [6.07, 6.45) is 7.27.